The van der Waals surface area contributed by atoms with E-state index < -0.39 is 5.82 Å². The zero-order valence-corrected chi connectivity index (χ0v) is 11.7. The molecule has 0 aliphatic rings. The molecule has 0 saturated carbocycles. The summed E-state index contributed by atoms with van der Waals surface area (Å²) in [6, 6.07) is 4.06. The fraction of sp³-hybridized carbons (Fsp3) is 0.154. The van der Waals surface area contributed by atoms with E-state index in [4.69, 9.17) is 16.3 Å². The Morgan fingerprint density at radius 1 is 1.38 bits per heavy atom. The number of aliphatic hydroxyl groups excluding tert-OH is 1. The average molecular weight is 309 g/mol. The smallest absolute Gasteiger partial charge is 0.168 e. The Balaban J connectivity index is 2.28. The van der Waals surface area contributed by atoms with E-state index in [1.165, 1.54) is 36.2 Å². The Hall–Kier alpha value is -2.25. The molecule has 21 heavy (non-hydrogen) atoms. The van der Waals surface area contributed by atoms with E-state index in [0.29, 0.717) is 22.5 Å². The van der Waals surface area contributed by atoms with Gasteiger partial charge in [0, 0.05) is 6.07 Å². The summed E-state index contributed by atoms with van der Waals surface area (Å²) < 4.78 is 19.9. The lowest BCUT2D eigenvalue weighted by molar-refractivity contribution is 0.271. The van der Waals surface area contributed by atoms with E-state index >= 15 is 0 Å². The van der Waals surface area contributed by atoms with E-state index in [1.807, 2.05) is 0 Å². The number of aromatic nitrogens is 4. The fourth-order valence-corrected chi connectivity index (χ4v) is 2.22. The van der Waals surface area contributed by atoms with Crippen LogP contribution in [0.4, 0.5) is 4.39 Å². The molecule has 8 heteroatoms. The number of rotatable bonds is 3. The highest BCUT2D eigenvalue weighted by atomic mass is 35.5. The highest BCUT2D eigenvalue weighted by molar-refractivity contribution is 6.33. The molecule has 0 bridgehead atoms. The van der Waals surface area contributed by atoms with Gasteiger partial charge in [0.2, 0.25) is 0 Å². The molecule has 0 aliphatic heterocycles. The third-order valence-electron chi connectivity index (χ3n) is 2.94. The molecule has 0 unspecified atom stereocenters. The van der Waals surface area contributed by atoms with Crippen LogP contribution in [0.1, 0.15) is 5.82 Å². The first kappa shape index (κ1) is 13.7. The summed E-state index contributed by atoms with van der Waals surface area (Å²) in [5.74, 6) is 0.0615. The normalized spacial score (nSPS) is 11.0. The van der Waals surface area contributed by atoms with Crippen LogP contribution >= 0.6 is 11.6 Å². The topological polar surface area (TPSA) is 73.1 Å². The summed E-state index contributed by atoms with van der Waals surface area (Å²) in [5.41, 5.74) is 0.913. The number of fused-ring (bicyclic) bond motifs is 1. The molecule has 0 aliphatic carbocycles. The standard InChI is InChI=1S/C13H10ClFN4O2/c1-21-10-4-7(15)2-3-9(10)19-13-8(5-16-19)12(14)17-11(6-20)18-13/h2-5,20H,6H2,1H3. The fourth-order valence-electron chi connectivity index (χ4n) is 1.99. The van der Waals surface area contributed by atoms with Crippen LogP contribution < -0.4 is 4.74 Å². The van der Waals surface area contributed by atoms with Crippen LogP contribution in [0.25, 0.3) is 16.7 Å². The first-order valence-corrected chi connectivity index (χ1v) is 6.36. The van der Waals surface area contributed by atoms with Crippen LogP contribution in [0.15, 0.2) is 24.4 Å². The molecule has 3 rings (SSSR count). The van der Waals surface area contributed by atoms with Gasteiger partial charge >= 0.3 is 0 Å². The summed E-state index contributed by atoms with van der Waals surface area (Å²) >= 11 is 6.03. The Morgan fingerprint density at radius 3 is 2.90 bits per heavy atom. The quantitative estimate of drug-likeness (QED) is 0.750. The summed E-state index contributed by atoms with van der Waals surface area (Å²) in [6.07, 6.45) is 1.50. The number of ether oxygens (including phenoxy) is 1. The van der Waals surface area contributed by atoms with Crippen molar-refractivity contribution in [3.8, 4) is 11.4 Å². The van der Waals surface area contributed by atoms with Gasteiger partial charge in [0.1, 0.15) is 29.0 Å². The van der Waals surface area contributed by atoms with E-state index in [-0.39, 0.29) is 17.6 Å². The molecule has 0 spiro atoms. The van der Waals surface area contributed by atoms with Gasteiger partial charge in [-0.05, 0) is 12.1 Å². The minimum Gasteiger partial charge on any atom is -0.494 e. The molecule has 6 nitrogen and oxygen atoms in total. The zero-order valence-electron chi connectivity index (χ0n) is 10.9. The largest absolute Gasteiger partial charge is 0.494 e. The molecular formula is C13H10ClFN4O2. The van der Waals surface area contributed by atoms with E-state index in [2.05, 4.69) is 15.1 Å². The molecule has 2 heterocycles. The van der Waals surface area contributed by atoms with Gasteiger partial charge in [0.15, 0.2) is 11.5 Å². The van der Waals surface area contributed by atoms with Gasteiger partial charge in [0.05, 0.1) is 18.7 Å². The average Bonchev–Trinajstić information content (AvgIpc) is 2.91. The number of aliphatic hydroxyl groups is 1. The molecule has 3 aromatic rings. The molecule has 0 atom stereocenters. The maximum absolute atomic E-state index is 13.3. The summed E-state index contributed by atoms with van der Waals surface area (Å²) in [6.45, 7) is -0.346. The molecule has 108 valence electrons. The molecule has 0 saturated heterocycles. The number of benzene rings is 1. The lowest BCUT2D eigenvalue weighted by Crippen LogP contribution is -2.03. The van der Waals surface area contributed by atoms with Gasteiger partial charge in [-0.1, -0.05) is 11.6 Å². The molecule has 0 fully saturated rings. The van der Waals surface area contributed by atoms with E-state index in [0.717, 1.165) is 0 Å². The van der Waals surface area contributed by atoms with E-state index in [1.54, 1.807) is 0 Å². The number of methoxy groups -OCH3 is 1. The minimum atomic E-state index is -0.421. The predicted molar refractivity (Wildman–Crippen MR) is 74.1 cm³/mol. The van der Waals surface area contributed by atoms with Crippen molar-refractivity contribution in [1.29, 1.82) is 0 Å². The number of nitrogens with zero attached hydrogens (tertiary/aromatic N) is 4. The van der Waals surface area contributed by atoms with Gasteiger partial charge in [-0.2, -0.15) is 5.10 Å². The van der Waals surface area contributed by atoms with Gasteiger partial charge in [-0.15, -0.1) is 0 Å². The SMILES string of the molecule is COc1cc(F)ccc1-n1ncc2c(Cl)nc(CO)nc21. The third-order valence-corrected chi connectivity index (χ3v) is 3.23. The number of hydrogen-bond acceptors (Lipinski definition) is 5. The number of hydrogen-bond donors (Lipinski definition) is 1. The van der Waals surface area contributed by atoms with Gasteiger partial charge < -0.3 is 9.84 Å². The lowest BCUT2D eigenvalue weighted by atomic mass is 10.3. The highest BCUT2D eigenvalue weighted by Gasteiger charge is 2.15. The van der Waals surface area contributed by atoms with Gasteiger partial charge in [0.25, 0.3) is 0 Å². The van der Waals surface area contributed by atoms with Crippen LogP contribution in [-0.4, -0.2) is 32.0 Å². The Bertz CT molecular complexity index is 821. The van der Waals surface area contributed by atoms with Crippen LogP contribution in [-0.2, 0) is 6.61 Å². The summed E-state index contributed by atoms with van der Waals surface area (Å²) in [4.78, 5) is 8.14. The second kappa shape index (κ2) is 5.27. The van der Waals surface area contributed by atoms with Crippen molar-refractivity contribution < 1.29 is 14.2 Å². The first-order chi connectivity index (χ1) is 10.1. The van der Waals surface area contributed by atoms with Crippen LogP contribution in [0.2, 0.25) is 5.15 Å². The maximum atomic E-state index is 13.3. The highest BCUT2D eigenvalue weighted by Crippen LogP contribution is 2.28. The molecule has 0 amide bonds. The second-order valence-electron chi connectivity index (χ2n) is 4.20. The van der Waals surface area contributed by atoms with Crippen molar-refractivity contribution in [2.75, 3.05) is 7.11 Å². The van der Waals surface area contributed by atoms with Crippen LogP contribution in [0.5, 0.6) is 5.75 Å². The molecule has 1 N–H and O–H groups in total. The zero-order chi connectivity index (χ0) is 15.0. The first-order valence-electron chi connectivity index (χ1n) is 5.99. The Labute approximate surface area is 123 Å². The van der Waals surface area contributed by atoms with Crippen molar-refractivity contribution in [2.24, 2.45) is 0 Å². The third kappa shape index (κ3) is 2.30. The van der Waals surface area contributed by atoms with Gasteiger partial charge in [-0.25, -0.2) is 19.0 Å². The molecule has 1 aromatic carbocycles. The molecule has 0 radical (unpaired) electrons. The minimum absolute atomic E-state index is 0.176. The van der Waals surface area contributed by atoms with Crippen molar-refractivity contribution in [3.63, 3.8) is 0 Å². The van der Waals surface area contributed by atoms with Crippen molar-refractivity contribution in [2.45, 2.75) is 6.61 Å². The van der Waals surface area contributed by atoms with Gasteiger partial charge in [-0.3, -0.25) is 0 Å². The molecular weight excluding hydrogens is 299 g/mol. The Morgan fingerprint density at radius 2 is 2.19 bits per heavy atom. The summed E-state index contributed by atoms with van der Waals surface area (Å²) in [7, 11) is 1.44. The van der Waals surface area contributed by atoms with Crippen molar-refractivity contribution in [3.05, 3.63) is 41.2 Å². The monoisotopic (exact) mass is 308 g/mol. The van der Waals surface area contributed by atoms with Crippen LogP contribution in [0, 0.1) is 5.82 Å². The summed E-state index contributed by atoms with van der Waals surface area (Å²) in [5, 5.41) is 14.1. The molecule has 2 aromatic heterocycles. The van der Waals surface area contributed by atoms with Crippen LogP contribution in [0.3, 0.4) is 0 Å². The predicted octanol–water partition coefficient (Wildman–Crippen LogP) is 2.11. The van der Waals surface area contributed by atoms with Crippen molar-refractivity contribution in [1.82, 2.24) is 19.7 Å². The maximum Gasteiger partial charge on any atom is 0.168 e. The second-order valence-corrected chi connectivity index (χ2v) is 4.56. The lowest BCUT2D eigenvalue weighted by Gasteiger charge is -2.09. The number of halogens is 2. The van der Waals surface area contributed by atoms with E-state index in [9.17, 15) is 9.50 Å². The Kier molecular flexibility index (Phi) is 3.44. The van der Waals surface area contributed by atoms with Crippen molar-refractivity contribution >= 4 is 22.6 Å².